The lowest BCUT2D eigenvalue weighted by Gasteiger charge is -2.06. The first-order chi connectivity index (χ1) is 10.7. The molecule has 0 aliphatic heterocycles. The lowest BCUT2D eigenvalue weighted by molar-refractivity contribution is -0.123. The predicted molar refractivity (Wildman–Crippen MR) is 81.3 cm³/mol. The van der Waals surface area contributed by atoms with Crippen LogP contribution in [0.4, 0.5) is 4.39 Å². The summed E-state index contributed by atoms with van der Waals surface area (Å²) in [5.74, 6) is -0.858. The molecular formula is C17H15FN2O2. The second-order valence-corrected chi connectivity index (χ2v) is 4.97. The quantitative estimate of drug-likeness (QED) is 0.882. The molecule has 1 N–H and O–H groups in total. The number of ether oxygens (including phenoxy) is 1. The summed E-state index contributed by atoms with van der Waals surface area (Å²) in [5.41, 5.74) is 5.61. The number of nitrogens with one attached hydrogen (secondary N) is 1. The van der Waals surface area contributed by atoms with Gasteiger partial charge in [-0.15, -0.1) is 0 Å². The van der Waals surface area contributed by atoms with E-state index < -0.39 is 11.7 Å². The summed E-state index contributed by atoms with van der Waals surface area (Å²) >= 11 is 0. The number of carbonyl (C=O) groups excluding carboxylic acids is 1. The molecular weight excluding hydrogens is 283 g/mol. The third kappa shape index (κ3) is 3.14. The van der Waals surface area contributed by atoms with Crippen LogP contribution in [0, 0.1) is 5.82 Å². The minimum absolute atomic E-state index is 0.0523. The Hall–Kier alpha value is -2.69. The normalized spacial score (nSPS) is 14.7. The lowest BCUT2D eigenvalue weighted by atomic mass is 10.1. The minimum atomic E-state index is -0.494. The van der Waals surface area contributed by atoms with Gasteiger partial charge in [-0.05, 0) is 30.5 Å². The Kier molecular flexibility index (Phi) is 4.14. The molecule has 0 heterocycles. The zero-order valence-electron chi connectivity index (χ0n) is 11.9. The third-order valence-corrected chi connectivity index (χ3v) is 3.47. The Morgan fingerprint density at radius 1 is 1.14 bits per heavy atom. The van der Waals surface area contributed by atoms with Gasteiger partial charge in [0.25, 0.3) is 5.91 Å². The van der Waals surface area contributed by atoms with Gasteiger partial charge < -0.3 is 4.74 Å². The summed E-state index contributed by atoms with van der Waals surface area (Å²) in [7, 11) is 0. The van der Waals surface area contributed by atoms with E-state index >= 15 is 0 Å². The molecule has 0 aromatic heterocycles. The molecule has 0 saturated carbocycles. The number of carbonyl (C=O) groups is 1. The average Bonchev–Trinajstić information content (AvgIpc) is 2.95. The molecule has 1 amide bonds. The molecule has 2 aromatic carbocycles. The molecule has 0 fully saturated rings. The van der Waals surface area contributed by atoms with Crippen LogP contribution in [0.1, 0.15) is 17.5 Å². The van der Waals surface area contributed by atoms with Crippen molar-refractivity contribution in [3.05, 3.63) is 65.5 Å². The molecule has 0 saturated heterocycles. The fraction of sp³-hybridized carbons (Fsp3) is 0.176. The van der Waals surface area contributed by atoms with Gasteiger partial charge in [0, 0.05) is 5.56 Å². The van der Waals surface area contributed by atoms with Gasteiger partial charge in [-0.2, -0.15) is 5.10 Å². The molecule has 0 spiro atoms. The molecule has 22 heavy (non-hydrogen) atoms. The summed E-state index contributed by atoms with van der Waals surface area (Å²) < 4.78 is 18.5. The SMILES string of the molecule is O=C(COc1ccccc1F)N/N=C1/CCc2ccccc21. The highest BCUT2D eigenvalue weighted by atomic mass is 19.1. The van der Waals surface area contributed by atoms with E-state index in [9.17, 15) is 9.18 Å². The molecule has 5 heteroatoms. The first-order valence-corrected chi connectivity index (χ1v) is 7.05. The first kappa shape index (κ1) is 14.3. The van der Waals surface area contributed by atoms with Gasteiger partial charge in [0.1, 0.15) is 0 Å². The van der Waals surface area contributed by atoms with E-state index in [1.807, 2.05) is 18.2 Å². The Balaban J connectivity index is 1.57. The van der Waals surface area contributed by atoms with Crippen LogP contribution in [0.25, 0.3) is 0 Å². The number of hydrazone groups is 1. The Labute approximate surface area is 127 Å². The van der Waals surface area contributed by atoms with Crippen molar-refractivity contribution in [3.8, 4) is 5.75 Å². The molecule has 0 radical (unpaired) electrons. The van der Waals surface area contributed by atoms with Crippen molar-refractivity contribution in [1.82, 2.24) is 5.43 Å². The monoisotopic (exact) mass is 298 g/mol. The number of nitrogens with zero attached hydrogens (tertiary/aromatic N) is 1. The third-order valence-electron chi connectivity index (χ3n) is 3.47. The van der Waals surface area contributed by atoms with Crippen LogP contribution < -0.4 is 10.2 Å². The number of hydrogen-bond acceptors (Lipinski definition) is 3. The van der Waals surface area contributed by atoms with Gasteiger partial charge in [0.2, 0.25) is 0 Å². The first-order valence-electron chi connectivity index (χ1n) is 7.05. The number of halogens is 1. The second kappa shape index (κ2) is 6.39. The summed E-state index contributed by atoms with van der Waals surface area (Å²) in [6.45, 7) is -0.278. The molecule has 1 aliphatic carbocycles. The largest absolute Gasteiger partial charge is 0.481 e. The molecule has 0 bridgehead atoms. The predicted octanol–water partition coefficient (Wildman–Crippen LogP) is 2.67. The second-order valence-electron chi connectivity index (χ2n) is 4.97. The van der Waals surface area contributed by atoms with Crippen molar-refractivity contribution < 1.29 is 13.9 Å². The topological polar surface area (TPSA) is 50.7 Å². The maximum atomic E-state index is 13.4. The standard InChI is InChI=1S/C17H15FN2O2/c18-14-7-3-4-8-16(14)22-11-17(21)20-19-15-10-9-12-5-1-2-6-13(12)15/h1-8H,9-11H2,(H,20,21)/b19-15-. The highest BCUT2D eigenvalue weighted by molar-refractivity contribution is 6.04. The van der Waals surface area contributed by atoms with Gasteiger partial charge in [-0.25, -0.2) is 9.82 Å². The van der Waals surface area contributed by atoms with E-state index in [0.29, 0.717) is 0 Å². The molecule has 2 aromatic rings. The molecule has 0 unspecified atom stereocenters. The summed E-state index contributed by atoms with van der Waals surface area (Å²) in [5, 5.41) is 4.14. The average molecular weight is 298 g/mol. The number of amides is 1. The highest BCUT2D eigenvalue weighted by Crippen LogP contribution is 2.21. The van der Waals surface area contributed by atoms with Gasteiger partial charge in [0.15, 0.2) is 18.2 Å². The fourth-order valence-electron chi connectivity index (χ4n) is 2.39. The molecule has 112 valence electrons. The maximum Gasteiger partial charge on any atom is 0.277 e. The molecule has 4 nitrogen and oxygen atoms in total. The zero-order valence-corrected chi connectivity index (χ0v) is 11.9. The van der Waals surface area contributed by atoms with E-state index in [1.165, 1.54) is 17.7 Å². The van der Waals surface area contributed by atoms with Crippen LogP contribution in [0.3, 0.4) is 0 Å². The van der Waals surface area contributed by atoms with E-state index in [2.05, 4.69) is 16.6 Å². The van der Waals surface area contributed by atoms with Crippen molar-refractivity contribution in [3.63, 3.8) is 0 Å². The van der Waals surface area contributed by atoms with E-state index in [1.54, 1.807) is 12.1 Å². The summed E-state index contributed by atoms with van der Waals surface area (Å²) in [6.07, 6.45) is 1.73. The fourth-order valence-corrected chi connectivity index (χ4v) is 2.39. The molecule has 1 aliphatic rings. The number of aryl methyl sites for hydroxylation is 1. The smallest absolute Gasteiger partial charge is 0.277 e. The van der Waals surface area contributed by atoms with Crippen LogP contribution >= 0.6 is 0 Å². The van der Waals surface area contributed by atoms with Crippen LogP contribution in [-0.4, -0.2) is 18.2 Å². The van der Waals surface area contributed by atoms with E-state index in [4.69, 9.17) is 4.74 Å². The van der Waals surface area contributed by atoms with Crippen molar-refractivity contribution >= 4 is 11.6 Å². The van der Waals surface area contributed by atoms with Gasteiger partial charge in [-0.3, -0.25) is 4.79 Å². The summed E-state index contributed by atoms with van der Waals surface area (Å²) in [6, 6.07) is 13.9. The Bertz CT molecular complexity index is 728. The number of fused-ring (bicyclic) bond motifs is 1. The van der Waals surface area contributed by atoms with E-state index in [0.717, 1.165) is 24.1 Å². The number of benzene rings is 2. The van der Waals surface area contributed by atoms with Crippen LogP contribution in [0.5, 0.6) is 5.75 Å². The van der Waals surface area contributed by atoms with Gasteiger partial charge in [0.05, 0.1) is 5.71 Å². The Morgan fingerprint density at radius 3 is 2.77 bits per heavy atom. The van der Waals surface area contributed by atoms with Crippen molar-refractivity contribution in [2.24, 2.45) is 5.10 Å². The van der Waals surface area contributed by atoms with Crippen molar-refractivity contribution in [2.75, 3.05) is 6.61 Å². The van der Waals surface area contributed by atoms with Crippen LogP contribution in [-0.2, 0) is 11.2 Å². The van der Waals surface area contributed by atoms with Crippen LogP contribution in [0.15, 0.2) is 53.6 Å². The number of rotatable bonds is 4. The van der Waals surface area contributed by atoms with Gasteiger partial charge >= 0.3 is 0 Å². The molecule has 3 rings (SSSR count). The van der Waals surface area contributed by atoms with Gasteiger partial charge in [-0.1, -0.05) is 36.4 Å². The summed E-state index contributed by atoms with van der Waals surface area (Å²) in [4.78, 5) is 11.7. The zero-order chi connectivity index (χ0) is 15.4. The Morgan fingerprint density at radius 2 is 1.91 bits per heavy atom. The lowest BCUT2D eigenvalue weighted by Crippen LogP contribution is -2.25. The van der Waals surface area contributed by atoms with Crippen molar-refractivity contribution in [2.45, 2.75) is 12.8 Å². The number of hydrogen-bond donors (Lipinski definition) is 1. The van der Waals surface area contributed by atoms with Crippen molar-refractivity contribution in [1.29, 1.82) is 0 Å². The maximum absolute atomic E-state index is 13.4. The van der Waals surface area contributed by atoms with Crippen LogP contribution in [0.2, 0.25) is 0 Å². The van der Waals surface area contributed by atoms with E-state index in [-0.39, 0.29) is 12.4 Å². The number of para-hydroxylation sites is 1. The molecule has 0 atom stereocenters. The minimum Gasteiger partial charge on any atom is -0.481 e. The highest BCUT2D eigenvalue weighted by Gasteiger charge is 2.17.